The van der Waals surface area contributed by atoms with Crippen LogP contribution in [0.4, 0.5) is 0 Å². The molecule has 0 saturated carbocycles. The van der Waals surface area contributed by atoms with Crippen molar-refractivity contribution in [3.8, 4) is 0 Å². The zero-order valence-electron chi connectivity index (χ0n) is 8.02. The number of aryl methyl sites for hydroxylation is 1. The van der Waals surface area contributed by atoms with Crippen molar-refractivity contribution in [2.45, 2.75) is 12.3 Å². The first-order valence-corrected chi connectivity index (χ1v) is 6.31. The van der Waals surface area contributed by atoms with Gasteiger partial charge in [-0.1, -0.05) is 45.2 Å². The van der Waals surface area contributed by atoms with E-state index in [0.29, 0.717) is 10.0 Å². The van der Waals surface area contributed by atoms with Crippen LogP contribution in [0, 0.1) is 6.92 Å². The van der Waals surface area contributed by atoms with Gasteiger partial charge >= 0.3 is 0 Å². The summed E-state index contributed by atoms with van der Waals surface area (Å²) in [7, 11) is 0. The SMILES string of the molecule is Cc1cc(CBr)c2ccc(Cl)c(Cl)c2n1. The van der Waals surface area contributed by atoms with Gasteiger partial charge in [-0.15, -0.1) is 0 Å². The molecular formula is C11H8BrCl2N. The Kier molecular flexibility index (Phi) is 3.19. The van der Waals surface area contributed by atoms with Crippen molar-refractivity contribution in [2.24, 2.45) is 0 Å². The molecular weight excluding hydrogens is 297 g/mol. The molecule has 1 nitrogen and oxygen atoms in total. The topological polar surface area (TPSA) is 12.9 Å². The van der Waals surface area contributed by atoms with E-state index in [0.717, 1.165) is 21.9 Å². The van der Waals surface area contributed by atoms with Crippen LogP contribution < -0.4 is 0 Å². The molecule has 0 aliphatic rings. The van der Waals surface area contributed by atoms with Crippen molar-refractivity contribution in [3.05, 3.63) is 39.5 Å². The second-order valence-electron chi connectivity index (χ2n) is 3.31. The highest BCUT2D eigenvalue weighted by atomic mass is 79.9. The Hall–Kier alpha value is -0.310. The van der Waals surface area contributed by atoms with Gasteiger partial charge < -0.3 is 0 Å². The average molecular weight is 305 g/mol. The van der Waals surface area contributed by atoms with Crippen molar-refractivity contribution in [1.82, 2.24) is 4.98 Å². The van der Waals surface area contributed by atoms with Gasteiger partial charge in [0.1, 0.15) is 0 Å². The van der Waals surface area contributed by atoms with Crippen LogP contribution in [0.25, 0.3) is 10.9 Å². The maximum Gasteiger partial charge on any atom is 0.0909 e. The predicted octanol–water partition coefficient (Wildman–Crippen LogP) is 4.74. The minimum Gasteiger partial charge on any atom is -0.251 e. The molecule has 0 amide bonds. The van der Waals surface area contributed by atoms with Crippen LogP contribution in [0.5, 0.6) is 0 Å². The summed E-state index contributed by atoms with van der Waals surface area (Å²) < 4.78 is 0. The monoisotopic (exact) mass is 303 g/mol. The molecule has 15 heavy (non-hydrogen) atoms. The molecule has 0 radical (unpaired) electrons. The van der Waals surface area contributed by atoms with Crippen LogP contribution in [0.2, 0.25) is 10.0 Å². The quantitative estimate of drug-likeness (QED) is 0.693. The predicted molar refractivity (Wildman–Crippen MR) is 69.1 cm³/mol. The van der Waals surface area contributed by atoms with Gasteiger partial charge in [0, 0.05) is 16.4 Å². The third kappa shape index (κ3) is 1.99. The van der Waals surface area contributed by atoms with Gasteiger partial charge in [-0.3, -0.25) is 4.98 Å². The highest BCUT2D eigenvalue weighted by molar-refractivity contribution is 9.08. The fourth-order valence-electron chi connectivity index (χ4n) is 1.56. The first-order valence-electron chi connectivity index (χ1n) is 4.43. The van der Waals surface area contributed by atoms with Crippen LogP contribution in [0.1, 0.15) is 11.3 Å². The number of hydrogen-bond donors (Lipinski definition) is 0. The highest BCUT2D eigenvalue weighted by Crippen LogP contribution is 2.32. The summed E-state index contributed by atoms with van der Waals surface area (Å²) in [5.74, 6) is 0. The van der Waals surface area contributed by atoms with E-state index in [1.807, 2.05) is 19.1 Å². The van der Waals surface area contributed by atoms with Crippen molar-refractivity contribution in [2.75, 3.05) is 0 Å². The van der Waals surface area contributed by atoms with E-state index >= 15 is 0 Å². The number of pyridine rings is 1. The van der Waals surface area contributed by atoms with Crippen molar-refractivity contribution < 1.29 is 0 Å². The fourth-order valence-corrected chi connectivity index (χ4v) is 2.38. The number of fused-ring (bicyclic) bond motifs is 1. The van der Waals surface area contributed by atoms with E-state index in [2.05, 4.69) is 20.9 Å². The van der Waals surface area contributed by atoms with Gasteiger partial charge in [-0.25, -0.2) is 0 Å². The molecule has 0 bridgehead atoms. The zero-order valence-corrected chi connectivity index (χ0v) is 11.1. The lowest BCUT2D eigenvalue weighted by molar-refractivity contribution is 1.23. The molecule has 0 aliphatic heterocycles. The largest absolute Gasteiger partial charge is 0.251 e. The molecule has 0 atom stereocenters. The summed E-state index contributed by atoms with van der Waals surface area (Å²) in [6.45, 7) is 1.95. The fraction of sp³-hybridized carbons (Fsp3) is 0.182. The van der Waals surface area contributed by atoms with Gasteiger partial charge in [0.2, 0.25) is 0 Å². The second-order valence-corrected chi connectivity index (χ2v) is 4.66. The normalized spacial score (nSPS) is 10.9. The summed E-state index contributed by atoms with van der Waals surface area (Å²) in [4.78, 5) is 4.41. The van der Waals surface area contributed by atoms with Gasteiger partial charge in [-0.2, -0.15) is 0 Å². The average Bonchev–Trinajstić information content (AvgIpc) is 2.23. The molecule has 0 N–H and O–H groups in total. The van der Waals surface area contributed by atoms with E-state index in [9.17, 15) is 0 Å². The summed E-state index contributed by atoms with van der Waals surface area (Å²) in [5.41, 5.74) is 2.90. The number of nitrogens with zero attached hydrogens (tertiary/aromatic N) is 1. The third-order valence-electron chi connectivity index (χ3n) is 2.23. The second kappa shape index (κ2) is 4.28. The Morgan fingerprint density at radius 2 is 2.07 bits per heavy atom. The van der Waals surface area contributed by atoms with Crippen LogP contribution in [-0.2, 0) is 5.33 Å². The van der Waals surface area contributed by atoms with E-state index in [1.165, 1.54) is 5.56 Å². The molecule has 0 saturated heterocycles. The first kappa shape index (κ1) is 11.2. The lowest BCUT2D eigenvalue weighted by Gasteiger charge is -2.07. The molecule has 0 fully saturated rings. The molecule has 0 unspecified atom stereocenters. The summed E-state index contributed by atoms with van der Waals surface area (Å²) >= 11 is 15.5. The number of rotatable bonds is 1. The van der Waals surface area contributed by atoms with Gasteiger partial charge in [0.25, 0.3) is 0 Å². The molecule has 2 rings (SSSR count). The number of aromatic nitrogens is 1. The third-order valence-corrected chi connectivity index (χ3v) is 3.63. The number of benzene rings is 1. The van der Waals surface area contributed by atoms with Crippen molar-refractivity contribution in [1.29, 1.82) is 0 Å². The Balaban J connectivity index is 2.89. The molecule has 4 heteroatoms. The van der Waals surface area contributed by atoms with Gasteiger partial charge in [0.05, 0.1) is 15.6 Å². The van der Waals surface area contributed by atoms with E-state index in [-0.39, 0.29) is 0 Å². The Labute approximate surface area is 107 Å². The molecule has 1 aromatic carbocycles. The maximum atomic E-state index is 6.12. The molecule has 78 valence electrons. The molecule has 1 aromatic heterocycles. The van der Waals surface area contributed by atoms with Gasteiger partial charge in [0.15, 0.2) is 0 Å². The van der Waals surface area contributed by atoms with Gasteiger partial charge in [-0.05, 0) is 24.6 Å². The Morgan fingerprint density at radius 3 is 2.73 bits per heavy atom. The Morgan fingerprint density at radius 1 is 1.33 bits per heavy atom. The first-order chi connectivity index (χ1) is 7.13. The minimum absolute atomic E-state index is 0.528. The van der Waals surface area contributed by atoms with E-state index in [4.69, 9.17) is 23.2 Å². The Bertz CT molecular complexity index is 525. The van der Waals surface area contributed by atoms with Crippen LogP contribution in [-0.4, -0.2) is 4.98 Å². The minimum atomic E-state index is 0.528. The van der Waals surface area contributed by atoms with Crippen LogP contribution in [0.3, 0.4) is 0 Å². The lowest BCUT2D eigenvalue weighted by Crippen LogP contribution is -1.90. The molecule has 0 aliphatic carbocycles. The highest BCUT2D eigenvalue weighted by Gasteiger charge is 2.09. The molecule has 0 spiro atoms. The number of halogens is 3. The smallest absolute Gasteiger partial charge is 0.0909 e. The van der Waals surface area contributed by atoms with Crippen molar-refractivity contribution in [3.63, 3.8) is 0 Å². The summed E-state index contributed by atoms with van der Waals surface area (Å²) in [6, 6.07) is 5.79. The molecule has 2 aromatic rings. The maximum absolute atomic E-state index is 6.12. The summed E-state index contributed by atoms with van der Waals surface area (Å²) in [5, 5.41) is 2.90. The van der Waals surface area contributed by atoms with E-state index in [1.54, 1.807) is 6.07 Å². The van der Waals surface area contributed by atoms with E-state index < -0.39 is 0 Å². The van der Waals surface area contributed by atoms with Crippen LogP contribution >= 0.6 is 39.1 Å². The number of alkyl halides is 1. The summed E-state index contributed by atoms with van der Waals surface area (Å²) in [6.07, 6.45) is 0. The lowest BCUT2D eigenvalue weighted by atomic mass is 10.1. The number of hydrogen-bond acceptors (Lipinski definition) is 1. The van der Waals surface area contributed by atoms with Crippen LogP contribution in [0.15, 0.2) is 18.2 Å². The standard InChI is InChI=1S/C11H8BrCl2N/c1-6-4-7(5-12)8-2-3-9(13)10(14)11(8)15-6/h2-4H,5H2,1H3. The molecule has 1 heterocycles. The zero-order chi connectivity index (χ0) is 11.0. The van der Waals surface area contributed by atoms with Crippen molar-refractivity contribution >= 4 is 50.0 Å².